The predicted molar refractivity (Wildman–Crippen MR) is 105 cm³/mol. The quantitative estimate of drug-likeness (QED) is 0.584. The average molecular weight is 378 g/mol. The largest absolute Gasteiger partial charge is 0.478 e. The van der Waals surface area contributed by atoms with E-state index in [4.69, 9.17) is 4.74 Å². The first kappa shape index (κ1) is 18.0. The van der Waals surface area contributed by atoms with Crippen LogP contribution in [0.1, 0.15) is 37.1 Å². The van der Waals surface area contributed by atoms with E-state index >= 15 is 0 Å². The van der Waals surface area contributed by atoms with Gasteiger partial charge in [0.2, 0.25) is 5.88 Å². The molecule has 0 aliphatic heterocycles. The molecule has 1 fully saturated rings. The standard InChI is InChI=1S/C20H22N6O2/c1-2-28-19-15(4-3-11-21-19)12-22-20(27)23-16-9-7-14(8-10-16)18-24-17(25-26-18)13-5-6-13/h3-4,7-11,13H,2,5-6,12H2,1H3,(H2,22,23,27)(H,24,25,26). The monoisotopic (exact) mass is 378 g/mol. The second kappa shape index (κ2) is 8.08. The highest BCUT2D eigenvalue weighted by molar-refractivity contribution is 5.89. The van der Waals surface area contributed by atoms with E-state index in [-0.39, 0.29) is 6.03 Å². The van der Waals surface area contributed by atoms with Crippen LogP contribution in [0.25, 0.3) is 11.4 Å². The number of pyridine rings is 1. The smallest absolute Gasteiger partial charge is 0.319 e. The molecule has 0 atom stereocenters. The highest BCUT2D eigenvalue weighted by atomic mass is 16.5. The van der Waals surface area contributed by atoms with Crippen molar-refractivity contribution in [3.05, 3.63) is 54.0 Å². The van der Waals surface area contributed by atoms with Crippen molar-refractivity contribution in [2.45, 2.75) is 32.2 Å². The van der Waals surface area contributed by atoms with Crippen LogP contribution in [0.5, 0.6) is 5.88 Å². The van der Waals surface area contributed by atoms with Crippen LogP contribution in [-0.4, -0.2) is 32.8 Å². The van der Waals surface area contributed by atoms with E-state index in [1.54, 1.807) is 6.20 Å². The first-order valence-electron chi connectivity index (χ1n) is 9.37. The molecule has 1 aliphatic rings. The summed E-state index contributed by atoms with van der Waals surface area (Å²) < 4.78 is 5.47. The van der Waals surface area contributed by atoms with Crippen LogP contribution < -0.4 is 15.4 Å². The second-order valence-corrected chi connectivity index (χ2v) is 6.60. The minimum atomic E-state index is -0.298. The molecule has 1 aromatic carbocycles. The number of ether oxygens (including phenoxy) is 1. The Morgan fingerprint density at radius 1 is 1.25 bits per heavy atom. The Morgan fingerprint density at radius 3 is 2.82 bits per heavy atom. The van der Waals surface area contributed by atoms with Crippen LogP contribution >= 0.6 is 0 Å². The summed E-state index contributed by atoms with van der Waals surface area (Å²) in [5.74, 6) is 2.71. The van der Waals surface area contributed by atoms with E-state index in [9.17, 15) is 4.79 Å². The van der Waals surface area contributed by atoms with Gasteiger partial charge in [0.1, 0.15) is 5.82 Å². The molecule has 28 heavy (non-hydrogen) atoms. The lowest BCUT2D eigenvalue weighted by molar-refractivity contribution is 0.251. The maximum Gasteiger partial charge on any atom is 0.319 e. The van der Waals surface area contributed by atoms with E-state index < -0.39 is 0 Å². The van der Waals surface area contributed by atoms with Gasteiger partial charge in [0, 0.05) is 35.5 Å². The van der Waals surface area contributed by atoms with Crippen molar-refractivity contribution in [2.75, 3.05) is 11.9 Å². The van der Waals surface area contributed by atoms with E-state index in [0.29, 0.717) is 36.5 Å². The highest BCUT2D eigenvalue weighted by Crippen LogP contribution is 2.38. The molecule has 4 rings (SSSR count). The van der Waals surface area contributed by atoms with Crippen molar-refractivity contribution < 1.29 is 9.53 Å². The second-order valence-electron chi connectivity index (χ2n) is 6.60. The van der Waals surface area contributed by atoms with E-state index in [1.165, 1.54) is 12.8 Å². The lowest BCUT2D eigenvalue weighted by atomic mass is 10.2. The number of urea groups is 1. The van der Waals surface area contributed by atoms with Gasteiger partial charge in [0.25, 0.3) is 0 Å². The van der Waals surface area contributed by atoms with Crippen molar-refractivity contribution in [2.24, 2.45) is 0 Å². The number of aromatic nitrogens is 4. The summed E-state index contributed by atoms with van der Waals surface area (Å²) in [7, 11) is 0. The molecule has 8 nitrogen and oxygen atoms in total. The number of hydrogen-bond donors (Lipinski definition) is 3. The summed E-state index contributed by atoms with van der Waals surface area (Å²) in [5, 5.41) is 12.9. The number of carbonyl (C=O) groups excluding carboxylic acids is 1. The van der Waals surface area contributed by atoms with Gasteiger partial charge < -0.3 is 15.4 Å². The Morgan fingerprint density at radius 2 is 2.07 bits per heavy atom. The summed E-state index contributed by atoms with van der Waals surface area (Å²) in [6, 6.07) is 10.8. The third-order valence-electron chi connectivity index (χ3n) is 4.44. The van der Waals surface area contributed by atoms with Gasteiger partial charge in [0.05, 0.1) is 6.61 Å². The molecule has 1 saturated carbocycles. The van der Waals surface area contributed by atoms with Gasteiger partial charge in [0.15, 0.2) is 5.82 Å². The fourth-order valence-electron chi connectivity index (χ4n) is 2.82. The molecule has 3 aromatic rings. The van der Waals surface area contributed by atoms with Crippen molar-refractivity contribution in [1.29, 1.82) is 0 Å². The third kappa shape index (κ3) is 4.28. The maximum atomic E-state index is 12.2. The van der Waals surface area contributed by atoms with Gasteiger partial charge in [-0.05, 0) is 50.1 Å². The zero-order valence-electron chi connectivity index (χ0n) is 15.6. The van der Waals surface area contributed by atoms with E-state index in [2.05, 4.69) is 30.8 Å². The normalized spacial score (nSPS) is 13.2. The maximum absolute atomic E-state index is 12.2. The zero-order chi connectivity index (χ0) is 19.3. The molecule has 3 N–H and O–H groups in total. The predicted octanol–water partition coefficient (Wildman–Crippen LogP) is 3.46. The van der Waals surface area contributed by atoms with E-state index in [0.717, 1.165) is 17.0 Å². The minimum absolute atomic E-state index is 0.298. The topological polar surface area (TPSA) is 105 Å². The van der Waals surface area contributed by atoms with Gasteiger partial charge >= 0.3 is 6.03 Å². The number of nitrogens with one attached hydrogen (secondary N) is 3. The zero-order valence-corrected chi connectivity index (χ0v) is 15.6. The molecule has 8 heteroatoms. The summed E-state index contributed by atoms with van der Waals surface area (Å²) in [6.07, 6.45) is 4.02. The number of hydrogen-bond acceptors (Lipinski definition) is 5. The van der Waals surface area contributed by atoms with Crippen LogP contribution in [0.3, 0.4) is 0 Å². The Bertz CT molecular complexity index is 949. The van der Waals surface area contributed by atoms with Crippen LogP contribution in [0.4, 0.5) is 10.5 Å². The van der Waals surface area contributed by atoms with E-state index in [1.807, 2.05) is 43.3 Å². The number of amides is 2. The Kier molecular flexibility index (Phi) is 5.18. The Balaban J connectivity index is 1.33. The highest BCUT2D eigenvalue weighted by Gasteiger charge is 2.27. The van der Waals surface area contributed by atoms with Crippen LogP contribution in [0.2, 0.25) is 0 Å². The molecule has 144 valence electrons. The fraction of sp³-hybridized carbons (Fsp3) is 0.300. The Labute approximate surface area is 162 Å². The van der Waals surface area contributed by atoms with Gasteiger partial charge in [-0.25, -0.2) is 14.8 Å². The fourth-order valence-corrected chi connectivity index (χ4v) is 2.82. The average Bonchev–Trinajstić information content (AvgIpc) is 3.45. The van der Waals surface area contributed by atoms with Gasteiger partial charge in [-0.2, -0.15) is 5.10 Å². The molecular formula is C20H22N6O2. The number of benzene rings is 1. The minimum Gasteiger partial charge on any atom is -0.478 e. The summed E-state index contributed by atoms with van der Waals surface area (Å²) in [6.45, 7) is 2.75. The van der Waals surface area contributed by atoms with Crippen molar-refractivity contribution in [3.8, 4) is 17.3 Å². The van der Waals surface area contributed by atoms with Crippen LogP contribution in [0.15, 0.2) is 42.6 Å². The van der Waals surface area contributed by atoms with Gasteiger partial charge in [-0.3, -0.25) is 5.10 Å². The molecular weight excluding hydrogens is 356 g/mol. The number of anilines is 1. The molecule has 0 radical (unpaired) electrons. The molecule has 0 bridgehead atoms. The number of carbonyl (C=O) groups is 1. The summed E-state index contributed by atoms with van der Waals surface area (Å²) in [4.78, 5) is 20.9. The van der Waals surface area contributed by atoms with Gasteiger partial charge in [-0.15, -0.1) is 0 Å². The number of rotatable bonds is 7. The number of aromatic amines is 1. The molecule has 0 saturated heterocycles. The molecule has 2 aromatic heterocycles. The van der Waals surface area contributed by atoms with Crippen molar-refractivity contribution >= 4 is 11.7 Å². The van der Waals surface area contributed by atoms with Crippen LogP contribution in [-0.2, 0) is 6.54 Å². The van der Waals surface area contributed by atoms with Crippen LogP contribution in [0, 0.1) is 0 Å². The van der Waals surface area contributed by atoms with Crippen molar-refractivity contribution in [3.63, 3.8) is 0 Å². The molecule has 1 aliphatic carbocycles. The molecule has 2 heterocycles. The lowest BCUT2D eigenvalue weighted by Gasteiger charge is -2.11. The number of H-pyrrole nitrogens is 1. The third-order valence-corrected chi connectivity index (χ3v) is 4.44. The Hall–Kier alpha value is -3.42. The molecule has 0 unspecified atom stereocenters. The van der Waals surface area contributed by atoms with Crippen molar-refractivity contribution in [1.82, 2.24) is 25.5 Å². The molecule has 2 amide bonds. The molecule has 0 spiro atoms. The summed E-state index contributed by atoms with van der Waals surface area (Å²) in [5.41, 5.74) is 2.42. The number of nitrogens with zero attached hydrogens (tertiary/aromatic N) is 3. The first-order valence-corrected chi connectivity index (χ1v) is 9.37. The summed E-state index contributed by atoms with van der Waals surface area (Å²) >= 11 is 0. The lowest BCUT2D eigenvalue weighted by Crippen LogP contribution is -2.28. The SMILES string of the molecule is CCOc1ncccc1CNC(=O)Nc1ccc(-c2n[nH]c(C3CC3)n2)cc1. The first-order chi connectivity index (χ1) is 13.7. The van der Waals surface area contributed by atoms with Gasteiger partial charge in [-0.1, -0.05) is 6.07 Å².